The Bertz CT molecular complexity index is 725. The number of aliphatic hydroxyl groups is 1. The van der Waals surface area contributed by atoms with Crippen LogP contribution in [0.5, 0.6) is 0 Å². The van der Waals surface area contributed by atoms with Crippen LogP contribution in [0.3, 0.4) is 0 Å². The van der Waals surface area contributed by atoms with Gasteiger partial charge in [0.2, 0.25) is 0 Å². The SMILES string of the molecule is OCc1ccccc1C1CCN(c2cc(N3CCOCC3)ncn2)CC1. The molecule has 2 aliphatic rings. The summed E-state index contributed by atoms with van der Waals surface area (Å²) in [4.78, 5) is 13.6. The number of rotatable bonds is 4. The fourth-order valence-electron chi connectivity index (χ4n) is 3.97. The van der Waals surface area contributed by atoms with Crippen LogP contribution in [0.1, 0.15) is 29.9 Å². The Morgan fingerprint density at radius 3 is 2.31 bits per heavy atom. The van der Waals surface area contributed by atoms with Gasteiger partial charge in [-0.1, -0.05) is 24.3 Å². The van der Waals surface area contributed by atoms with Crippen LogP contribution in [-0.2, 0) is 11.3 Å². The minimum Gasteiger partial charge on any atom is -0.392 e. The maximum Gasteiger partial charge on any atom is 0.134 e. The summed E-state index contributed by atoms with van der Waals surface area (Å²) in [6.45, 7) is 5.36. The first-order chi connectivity index (χ1) is 12.8. The number of morpholine rings is 1. The summed E-state index contributed by atoms with van der Waals surface area (Å²) in [6, 6.07) is 10.4. The van der Waals surface area contributed by atoms with Crippen molar-refractivity contribution < 1.29 is 9.84 Å². The summed E-state index contributed by atoms with van der Waals surface area (Å²) < 4.78 is 5.43. The minimum atomic E-state index is 0.116. The number of benzene rings is 1. The summed E-state index contributed by atoms with van der Waals surface area (Å²) >= 11 is 0. The van der Waals surface area contributed by atoms with E-state index in [9.17, 15) is 5.11 Å². The number of hydrogen-bond acceptors (Lipinski definition) is 6. The van der Waals surface area contributed by atoms with Crippen LogP contribution in [0.4, 0.5) is 11.6 Å². The van der Waals surface area contributed by atoms with Crippen molar-refractivity contribution in [3.8, 4) is 0 Å². The van der Waals surface area contributed by atoms with Crippen LogP contribution in [0.25, 0.3) is 0 Å². The topological polar surface area (TPSA) is 61.7 Å². The molecule has 0 saturated carbocycles. The molecule has 4 rings (SSSR count). The zero-order chi connectivity index (χ0) is 17.8. The van der Waals surface area contributed by atoms with Gasteiger partial charge in [0.15, 0.2) is 0 Å². The lowest BCUT2D eigenvalue weighted by Gasteiger charge is -2.34. The van der Waals surface area contributed by atoms with Gasteiger partial charge in [0.05, 0.1) is 19.8 Å². The molecule has 0 aliphatic carbocycles. The summed E-state index contributed by atoms with van der Waals surface area (Å²) in [7, 11) is 0. The lowest BCUT2D eigenvalue weighted by Crippen LogP contribution is -2.37. The standard InChI is InChI=1S/C20H26N4O2/c25-14-17-3-1-2-4-18(17)16-5-7-23(8-6-16)19-13-20(22-15-21-19)24-9-11-26-12-10-24/h1-4,13,15-16,25H,5-12,14H2. The Kier molecular flexibility index (Phi) is 5.32. The van der Waals surface area contributed by atoms with E-state index < -0.39 is 0 Å². The molecule has 0 bridgehead atoms. The van der Waals surface area contributed by atoms with Crippen molar-refractivity contribution >= 4 is 11.6 Å². The highest BCUT2D eigenvalue weighted by atomic mass is 16.5. The molecule has 6 nitrogen and oxygen atoms in total. The second-order valence-corrected chi connectivity index (χ2v) is 6.95. The summed E-state index contributed by atoms with van der Waals surface area (Å²) in [5.74, 6) is 2.51. The Morgan fingerprint density at radius 1 is 0.962 bits per heavy atom. The maximum absolute atomic E-state index is 9.59. The van der Waals surface area contributed by atoms with Crippen LogP contribution in [0.2, 0.25) is 0 Å². The van der Waals surface area contributed by atoms with E-state index >= 15 is 0 Å². The molecule has 0 unspecified atom stereocenters. The zero-order valence-corrected chi connectivity index (χ0v) is 15.0. The molecule has 138 valence electrons. The summed E-state index contributed by atoms with van der Waals surface area (Å²) in [5, 5.41) is 9.59. The van der Waals surface area contributed by atoms with Gasteiger partial charge in [-0.15, -0.1) is 0 Å². The number of anilines is 2. The molecule has 26 heavy (non-hydrogen) atoms. The van der Waals surface area contributed by atoms with Crippen molar-refractivity contribution in [2.45, 2.75) is 25.4 Å². The van der Waals surface area contributed by atoms with Gasteiger partial charge in [0.1, 0.15) is 18.0 Å². The smallest absolute Gasteiger partial charge is 0.134 e. The van der Waals surface area contributed by atoms with E-state index in [2.05, 4.69) is 38.0 Å². The summed E-state index contributed by atoms with van der Waals surface area (Å²) in [5.41, 5.74) is 2.36. The molecule has 3 heterocycles. The Hall–Kier alpha value is -2.18. The molecule has 1 N–H and O–H groups in total. The first-order valence-electron chi connectivity index (χ1n) is 9.43. The number of aliphatic hydroxyl groups excluding tert-OH is 1. The number of nitrogens with zero attached hydrogens (tertiary/aromatic N) is 4. The highest BCUT2D eigenvalue weighted by Gasteiger charge is 2.24. The van der Waals surface area contributed by atoms with Crippen molar-refractivity contribution in [2.75, 3.05) is 49.2 Å². The van der Waals surface area contributed by atoms with Crippen LogP contribution >= 0.6 is 0 Å². The fraction of sp³-hybridized carbons (Fsp3) is 0.500. The van der Waals surface area contributed by atoms with Gasteiger partial charge in [-0.25, -0.2) is 9.97 Å². The van der Waals surface area contributed by atoms with Gasteiger partial charge in [0, 0.05) is 32.2 Å². The van der Waals surface area contributed by atoms with Crippen molar-refractivity contribution in [2.24, 2.45) is 0 Å². The molecule has 2 aliphatic heterocycles. The van der Waals surface area contributed by atoms with Crippen molar-refractivity contribution in [1.29, 1.82) is 0 Å². The minimum absolute atomic E-state index is 0.116. The lowest BCUT2D eigenvalue weighted by atomic mass is 9.86. The van der Waals surface area contributed by atoms with E-state index in [-0.39, 0.29) is 6.61 Å². The van der Waals surface area contributed by atoms with Crippen molar-refractivity contribution in [3.05, 3.63) is 47.8 Å². The highest BCUT2D eigenvalue weighted by Crippen LogP contribution is 2.32. The molecular weight excluding hydrogens is 328 g/mol. The normalized spacial score (nSPS) is 19.0. The van der Waals surface area contributed by atoms with Gasteiger partial charge in [-0.05, 0) is 29.9 Å². The monoisotopic (exact) mass is 354 g/mol. The van der Waals surface area contributed by atoms with Crippen LogP contribution in [0, 0.1) is 0 Å². The van der Waals surface area contributed by atoms with Crippen molar-refractivity contribution in [1.82, 2.24) is 9.97 Å². The van der Waals surface area contributed by atoms with Crippen molar-refractivity contribution in [3.63, 3.8) is 0 Å². The molecule has 1 aromatic carbocycles. The zero-order valence-electron chi connectivity index (χ0n) is 15.0. The van der Waals surface area contributed by atoms with Gasteiger partial charge in [0.25, 0.3) is 0 Å². The molecule has 2 aromatic rings. The molecule has 1 aromatic heterocycles. The Morgan fingerprint density at radius 2 is 1.62 bits per heavy atom. The van der Waals surface area contributed by atoms with Crippen LogP contribution in [-0.4, -0.2) is 54.5 Å². The average molecular weight is 354 g/mol. The molecule has 6 heteroatoms. The van der Waals surface area contributed by atoms with E-state index in [0.29, 0.717) is 5.92 Å². The van der Waals surface area contributed by atoms with E-state index in [0.717, 1.165) is 69.4 Å². The molecule has 2 fully saturated rings. The Balaban J connectivity index is 1.43. The van der Waals surface area contributed by atoms with E-state index in [1.807, 2.05) is 12.1 Å². The number of hydrogen-bond donors (Lipinski definition) is 1. The average Bonchev–Trinajstić information content (AvgIpc) is 2.74. The van der Waals surface area contributed by atoms with E-state index in [1.54, 1.807) is 6.33 Å². The van der Waals surface area contributed by atoms with E-state index in [1.165, 1.54) is 5.56 Å². The maximum atomic E-state index is 9.59. The third kappa shape index (κ3) is 3.66. The molecule has 0 radical (unpaired) electrons. The van der Waals surface area contributed by atoms with Gasteiger partial charge in [-0.3, -0.25) is 0 Å². The quantitative estimate of drug-likeness (QED) is 0.908. The predicted octanol–water partition coefficient (Wildman–Crippen LogP) is 2.19. The molecule has 2 saturated heterocycles. The predicted molar refractivity (Wildman–Crippen MR) is 102 cm³/mol. The Labute approximate surface area is 154 Å². The third-order valence-electron chi connectivity index (χ3n) is 5.46. The van der Waals surface area contributed by atoms with Gasteiger partial charge >= 0.3 is 0 Å². The number of aromatic nitrogens is 2. The molecular formula is C20H26N4O2. The first-order valence-corrected chi connectivity index (χ1v) is 9.43. The largest absolute Gasteiger partial charge is 0.392 e. The van der Waals surface area contributed by atoms with Gasteiger partial charge in [-0.2, -0.15) is 0 Å². The van der Waals surface area contributed by atoms with Gasteiger partial charge < -0.3 is 19.6 Å². The molecule has 0 atom stereocenters. The van der Waals surface area contributed by atoms with E-state index in [4.69, 9.17) is 4.74 Å². The summed E-state index contributed by atoms with van der Waals surface area (Å²) in [6.07, 6.45) is 3.83. The second-order valence-electron chi connectivity index (χ2n) is 6.95. The molecule has 0 spiro atoms. The van der Waals surface area contributed by atoms with Crippen LogP contribution in [0.15, 0.2) is 36.7 Å². The first kappa shape index (κ1) is 17.2. The molecule has 0 amide bonds. The number of ether oxygens (including phenoxy) is 1. The van der Waals surface area contributed by atoms with Crippen LogP contribution < -0.4 is 9.80 Å². The lowest BCUT2D eigenvalue weighted by molar-refractivity contribution is 0.122. The number of piperidine rings is 1. The second kappa shape index (κ2) is 8.01. The highest BCUT2D eigenvalue weighted by molar-refractivity contribution is 5.50. The third-order valence-corrected chi connectivity index (χ3v) is 5.46. The fourth-order valence-corrected chi connectivity index (χ4v) is 3.97.